The van der Waals surface area contributed by atoms with Crippen molar-refractivity contribution in [1.82, 2.24) is 0 Å². The zero-order valence-corrected chi connectivity index (χ0v) is 15.2. The Balaban J connectivity index is 2.29. The smallest absolute Gasteiger partial charge is 0.192 e. The topological polar surface area (TPSA) is 47.9 Å². The zero-order chi connectivity index (χ0) is 15.9. The third kappa shape index (κ3) is 6.61. The summed E-state index contributed by atoms with van der Waals surface area (Å²) in [6.45, 7) is 12.6. The third-order valence-electron chi connectivity index (χ3n) is 4.30. The van der Waals surface area contributed by atoms with Gasteiger partial charge in [-0.3, -0.25) is 0 Å². The van der Waals surface area contributed by atoms with Crippen molar-refractivity contribution in [3.05, 3.63) is 12.2 Å². The van der Waals surface area contributed by atoms with Gasteiger partial charge in [0, 0.05) is 6.42 Å². The van der Waals surface area contributed by atoms with Crippen molar-refractivity contribution in [3.8, 4) is 0 Å². The molecule has 0 bridgehead atoms. The van der Waals surface area contributed by atoms with Gasteiger partial charge in [0.25, 0.3) is 0 Å². The lowest BCUT2D eigenvalue weighted by Gasteiger charge is -2.38. The van der Waals surface area contributed by atoms with E-state index in [1.54, 1.807) is 0 Å². The molecule has 1 aliphatic heterocycles. The van der Waals surface area contributed by atoms with Crippen molar-refractivity contribution >= 4 is 8.32 Å². The Kier molecular flexibility index (Phi) is 7.57. The van der Waals surface area contributed by atoms with E-state index in [2.05, 4.69) is 46.0 Å². The molecular weight excluding hydrogens is 284 g/mol. The van der Waals surface area contributed by atoms with E-state index < -0.39 is 8.32 Å². The predicted octanol–water partition coefficient (Wildman–Crippen LogP) is 3.47. The van der Waals surface area contributed by atoms with Crippen molar-refractivity contribution in [2.24, 2.45) is 0 Å². The van der Waals surface area contributed by atoms with Crippen LogP contribution in [-0.4, -0.2) is 45.6 Å². The predicted molar refractivity (Wildman–Crippen MR) is 87.8 cm³/mol. The molecule has 1 saturated heterocycles. The Bertz CT molecular complexity index is 317. The van der Waals surface area contributed by atoms with Gasteiger partial charge in [-0.05, 0) is 31.0 Å². The molecule has 21 heavy (non-hydrogen) atoms. The molecule has 4 nitrogen and oxygen atoms in total. The molecule has 124 valence electrons. The molecule has 0 unspecified atom stereocenters. The Morgan fingerprint density at radius 1 is 1.24 bits per heavy atom. The molecule has 0 radical (unpaired) electrons. The summed E-state index contributed by atoms with van der Waals surface area (Å²) in [6.07, 6.45) is 6.68. The van der Waals surface area contributed by atoms with Crippen LogP contribution in [0.1, 0.15) is 40.0 Å². The van der Waals surface area contributed by atoms with E-state index >= 15 is 0 Å². The summed E-state index contributed by atoms with van der Waals surface area (Å²) in [5, 5.41) is 9.68. The summed E-state index contributed by atoms with van der Waals surface area (Å²) < 4.78 is 17.0. The Morgan fingerprint density at radius 2 is 1.86 bits per heavy atom. The minimum Gasteiger partial charge on any atom is -0.411 e. The van der Waals surface area contributed by atoms with E-state index in [1.807, 2.05) is 0 Å². The van der Waals surface area contributed by atoms with E-state index in [-0.39, 0.29) is 24.0 Å². The molecule has 0 amide bonds. The number of aliphatic hydroxyl groups excluding tert-OH is 1. The highest BCUT2D eigenvalue weighted by Crippen LogP contribution is 2.37. The molecule has 1 rings (SSSR count). The van der Waals surface area contributed by atoms with Gasteiger partial charge in [-0.25, -0.2) is 0 Å². The average Bonchev–Trinajstić information content (AvgIpc) is 2.88. The van der Waals surface area contributed by atoms with Crippen LogP contribution in [0.2, 0.25) is 18.1 Å². The first-order valence-corrected chi connectivity index (χ1v) is 10.8. The lowest BCUT2D eigenvalue weighted by Crippen LogP contribution is -2.44. The van der Waals surface area contributed by atoms with Crippen LogP contribution in [0.3, 0.4) is 0 Å². The number of hydrogen-bond acceptors (Lipinski definition) is 4. The van der Waals surface area contributed by atoms with Gasteiger partial charge < -0.3 is 19.0 Å². The Labute approximate surface area is 130 Å². The monoisotopic (exact) mass is 316 g/mol. The number of allylic oxidation sites excluding steroid dienone is 1. The van der Waals surface area contributed by atoms with Gasteiger partial charge in [0.15, 0.2) is 14.6 Å². The van der Waals surface area contributed by atoms with Crippen LogP contribution >= 0.6 is 0 Å². The molecule has 1 heterocycles. The Hall–Kier alpha value is -0.203. The van der Waals surface area contributed by atoms with Gasteiger partial charge in [-0.1, -0.05) is 32.9 Å². The van der Waals surface area contributed by atoms with Gasteiger partial charge in [0.1, 0.15) is 0 Å². The maximum atomic E-state index is 9.51. The second kappa shape index (κ2) is 8.43. The number of hydrogen-bond donors (Lipinski definition) is 1. The molecule has 0 aromatic carbocycles. The number of aliphatic hydroxyl groups is 1. The maximum absolute atomic E-state index is 9.51. The van der Waals surface area contributed by atoms with Gasteiger partial charge in [-0.2, -0.15) is 0 Å². The Morgan fingerprint density at radius 3 is 2.38 bits per heavy atom. The van der Waals surface area contributed by atoms with Gasteiger partial charge in [0.2, 0.25) is 0 Å². The van der Waals surface area contributed by atoms with Crippen molar-refractivity contribution in [1.29, 1.82) is 0 Å². The second-order valence-electron chi connectivity index (χ2n) is 7.14. The van der Waals surface area contributed by atoms with E-state index in [0.717, 1.165) is 19.3 Å². The molecule has 0 spiro atoms. The second-order valence-corrected chi connectivity index (χ2v) is 11.9. The first kappa shape index (κ1) is 18.8. The summed E-state index contributed by atoms with van der Waals surface area (Å²) in [6, 6.07) is 0. The van der Waals surface area contributed by atoms with E-state index in [0.29, 0.717) is 13.2 Å². The minimum atomic E-state index is -1.81. The normalized spacial score (nSPS) is 19.5. The molecule has 0 aliphatic carbocycles. The molecule has 0 aromatic heterocycles. The van der Waals surface area contributed by atoms with Crippen LogP contribution < -0.4 is 0 Å². The lowest BCUT2D eigenvalue weighted by atomic mass is 10.2. The molecular formula is C16H32O4Si. The minimum absolute atomic E-state index is 0.0354. The molecule has 0 saturated carbocycles. The average molecular weight is 317 g/mol. The molecule has 1 atom stereocenters. The standard InChI is InChI=1S/C16H32O4Si/c1-16(2,3)21(4,5)20-14(13-17)9-7-6-8-10-15-18-11-12-19-15/h6-7,14-15,17H,8-13H2,1-5H3/b7-6-/t14-/m1/s1. The van der Waals surface area contributed by atoms with Crippen molar-refractivity contribution in [2.45, 2.75) is 70.6 Å². The van der Waals surface area contributed by atoms with Crippen LogP contribution in [0.25, 0.3) is 0 Å². The summed E-state index contributed by atoms with van der Waals surface area (Å²) in [7, 11) is -1.81. The highest BCUT2D eigenvalue weighted by molar-refractivity contribution is 6.74. The summed E-state index contributed by atoms with van der Waals surface area (Å²) in [5.41, 5.74) is 0. The quantitative estimate of drug-likeness (QED) is 0.550. The largest absolute Gasteiger partial charge is 0.411 e. The van der Waals surface area contributed by atoms with Crippen LogP contribution in [0.15, 0.2) is 12.2 Å². The van der Waals surface area contributed by atoms with Crippen LogP contribution in [0.5, 0.6) is 0 Å². The first-order valence-electron chi connectivity index (χ1n) is 7.93. The van der Waals surface area contributed by atoms with Crippen molar-refractivity contribution < 1.29 is 19.0 Å². The molecule has 1 fully saturated rings. The summed E-state index contributed by atoms with van der Waals surface area (Å²) in [5.74, 6) is 0. The molecule has 5 heteroatoms. The molecule has 0 aromatic rings. The van der Waals surface area contributed by atoms with Crippen LogP contribution in [0, 0.1) is 0 Å². The molecule has 1 aliphatic rings. The summed E-state index contributed by atoms with van der Waals surface area (Å²) >= 11 is 0. The highest BCUT2D eigenvalue weighted by atomic mass is 28.4. The van der Waals surface area contributed by atoms with Gasteiger partial charge in [0.05, 0.1) is 25.9 Å². The van der Waals surface area contributed by atoms with E-state index in [1.165, 1.54) is 0 Å². The molecule has 1 N–H and O–H groups in total. The van der Waals surface area contributed by atoms with Crippen LogP contribution in [0.4, 0.5) is 0 Å². The number of ether oxygens (including phenoxy) is 2. The first-order chi connectivity index (χ1) is 9.76. The summed E-state index contributed by atoms with van der Waals surface area (Å²) in [4.78, 5) is 0. The highest BCUT2D eigenvalue weighted by Gasteiger charge is 2.38. The fourth-order valence-corrected chi connectivity index (χ4v) is 3.28. The third-order valence-corrected chi connectivity index (χ3v) is 8.83. The lowest BCUT2D eigenvalue weighted by molar-refractivity contribution is -0.0457. The van der Waals surface area contributed by atoms with E-state index in [9.17, 15) is 5.11 Å². The zero-order valence-electron chi connectivity index (χ0n) is 14.2. The SMILES string of the molecule is CC(C)(C)[Si](C)(C)O[C@@H](CO)C/C=C\CCC1OCCO1. The van der Waals surface area contributed by atoms with Crippen molar-refractivity contribution in [3.63, 3.8) is 0 Å². The van der Waals surface area contributed by atoms with E-state index in [4.69, 9.17) is 13.9 Å². The maximum Gasteiger partial charge on any atom is 0.192 e. The fraction of sp³-hybridized carbons (Fsp3) is 0.875. The number of rotatable bonds is 8. The van der Waals surface area contributed by atoms with Gasteiger partial charge >= 0.3 is 0 Å². The van der Waals surface area contributed by atoms with Crippen molar-refractivity contribution in [2.75, 3.05) is 19.8 Å². The van der Waals surface area contributed by atoms with Gasteiger partial charge in [-0.15, -0.1) is 0 Å². The van der Waals surface area contributed by atoms with Crippen LogP contribution in [-0.2, 0) is 13.9 Å². The fourth-order valence-electron chi connectivity index (χ4n) is 1.93.